The third kappa shape index (κ3) is 10.6. The van der Waals surface area contributed by atoms with Crippen molar-refractivity contribution in [2.45, 2.75) is 26.3 Å². The molecule has 0 heterocycles. The first-order chi connectivity index (χ1) is 13.6. The van der Waals surface area contributed by atoms with Gasteiger partial charge in [0, 0.05) is 19.2 Å². The topological polar surface area (TPSA) is 75.2 Å². The second-order valence-corrected chi connectivity index (χ2v) is 5.77. The number of benzene rings is 1. The van der Waals surface area contributed by atoms with Crippen LogP contribution in [-0.4, -0.2) is 63.3 Å². The smallest absolute Gasteiger partial charge is 0.406 e. The largest absolute Gasteiger partial charge is 0.497 e. The van der Waals surface area contributed by atoms with E-state index in [0.717, 1.165) is 7.05 Å². The van der Waals surface area contributed by atoms with E-state index in [1.807, 2.05) is 0 Å². The number of likely N-dealkylation sites (N-methyl/N-ethyl adjacent to an activating group) is 1. The van der Waals surface area contributed by atoms with Gasteiger partial charge in [-0.1, -0.05) is 0 Å². The van der Waals surface area contributed by atoms with E-state index in [2.05, 4.69) is 20.4 Å². The molecule has 172 valence electrons. The number of rotatable bonds is 9. The van der Waals surface area contributed by atoms with Crippen LogP contribution in [0.1, 0.15) is 12.5 Å². The summed E-state index contributed by atoms with van der Waals surface area (Å²) in [6.45, 7) is -2.81. The van der Waals surface area contributed by atoms with E-state index in [1.54, 1.807) is 6.92 Å². The fourth-order valence-electron chi connectivity index (χ4n) is 2.17. The van der Waals surface area contributed by atoms with E-state index in [4.69, 9.17) is 4.74 Å². The molecule has 0 saturated carbocycles. The predicted molar refractivity (Wildman–Crippen MR) is 112 cm³/mol. The molecule has 0 bridgehead atoms. The highest BCUT2D eigenvalue weighted by atomic mass is 127. The molecule has 0 atom stereocenters. The van der Waals surface area contributed by atoms with Crippen molar-refractivity contribution in [3.8, 4) is 11.5 Å². The number of hydrogen-bond donors (Lipinski definition) is 2. The third-order valence-electron chi connectivity index (χ3n) is 3.48. The summed E-state index contributed by atoms with van der Waals surface area (Å²) in [6.07, 6.45) is -4.50. The Hall–Kier alpha value is -2.06. The van der Waals surface area contributed by atoms with E-state index >= 15 is 0 Å². The average molecular weight is 554 g/mol. The first-order valence-electron chi connectivity index (χ1n) is 8.50. The Kier molecular flexibility index (Phi) is 12.4. The average Bonchev–Trinajstić information content (AvgIpc) is 2.62. The zero-order valence-corrected chi connectivity index (χ0v) is 18.9. The molecule has 0 aromatic heterocycles. The van der Waals surface area contributed by atoms with Gasteiger partial charge in [0.25, 0.3) is 0 Å². The van der Waals surface area contributed by atoms with Crippen LogP contribution < -0.4 is 20.1 Å². The number of ether oxygens (including phenoxy) is 2. The monoisotopic (exact) mass is 554 g/mol. The van der Waals surface area contributed by atoms with Crippen LogP contribution in [0.15, 0.2) is 23.2 Å². The maximum atomic E-state index is 12.6. The molecule has 1 aromatic carbocycles. The van der Waals surface area contributed by atoms with Crippen LogP contribution >= 0.6 is 24.0 Å². The fourth-order valence-corrected chi connectivity index (χ4v) is 2.17. The molecular formula is C17H24F5IN4O3. The molecule has 0 aliphatic rings. The van der Waals surface area contributed by atoms with Gasteiger partial charge in [-0.25, -0.2) is 4.99 Å². The molecule has 0 aliphatic carbocycles. The fraction of sp³-hybridized carbons (Fsp3) is 0.529. The lowest BCUT2D eigenvalue weighted by molar-refractivity contribution is -0.157. The zero-order chi connectivity index (χ0) is 22.0. The lowest BCUT2D eigenvalue weighted by atomic mass is 10.2. The Morgan fingerprint density at radius 1 is 1.27 bits per heavy atom. The molecule has 1 rings (SSSR count). The SMILES string of the molecule is CCNC(=NCc1cc(OC)ccc1OC(F)F)NCC(=O)N(C)CC(F)(F)F.I. The van der Waals surface area contributed by atoms with Gasteiger partial charge in [0.1, 0.15) is 18.0 Å². The molecule has 0 spiro atoms. The predicted octanol–water partition coefficient (Wildman–Crippen LogP) is 2.99. The maximum absolute atomic E-state index is 12.6. The Balaban J connectivity index is 0.00000841. The van der Waals surface area contributed by atoms with Gasteiger partial charge >= 0.3 is 12.8 Å². The molecule has 0 radical (unpaired) electrons. The molecule has 0 saturated heterocycles. The summed E-state index contributed by atoms with van der Waals surface area (Å²) in [5.74, 6) is -0.372. The summed E-state index contributed by atoms with van der Waals surface area (Å²) in [7, 11) is 2.44. The number of carbonyl (C=O) groups excluding carboxylic acids is 1. The lowest BCUT2D eigenvalue weighted by Crippen LogP contribution is -2.45. The van der Waals surface area contributed by atoms with Gasteiger partial charge in [0.15, 0.2) is 5.96 Å². The number of halogens is 6. The molecule has 13 heteroatoms. The Labute approximate surface area is 188 Å². The number of amides is 1. The van der Waals surface area contributed by atoms with Crippen LogP contribution in [0.5, 0.6) is 11.5 Å². The molecule has 2 N–H and O–H groups in total. The van der Waals surface area contributed by atoms with Crippen LogP contribution in [0, 0.1) is 0 Å². The van der Waals surface area contributed by atoms with Crippen molar-refractivity contribution in [2.75, 3.05) is 33.8 Å². The Morgan fingerprint density at radius 2 is 1.93 bits per heavy atom. The van der Waals surface area contributed by atoms with Crippen molar-refractivity contribution in [1.82, 2.24) is 15.5 Å². The summed E-state index contributed by atoms with van der Waals surface area (Å²) < 4.78 is 71.7. The maximum Gasteiger partial charge on any atom is 0.406 e. The number of nitrogens with one attached hydrogen (secondary N) is 2. The summed E-state index contributed by atoms with van der Waals surface area (Å²) in [5.41, 5.74) is 0.294. The molecule has 1 amide bonds. The van der Waals surface area contributed by atoms with Crippen molar-refractivity contribution in [3.63, 3.8) is 0 Å². The summed E-state index contributed by atoms with van der Waals surface area (Å²) in [6, 6.07) is 4.22. The van der Waals surface area contributed by atoms with Crippen LogP contribution in [0.4, 0.5) is 22.0 Å². The normalized spacial score (nSPS) is 11.6. The Morgan fingerprint density at radius 3 is 2.47 bits per heavy atom. The van der Waals surface area contributed by atoms with Crippen molar-refractivity contribution in [2.24, 2.45) is 4.99 Å². The first kappa shape index (κ1) is 27.9. The highest BCUT2D eigenvalue weighted by molar-refractivity contribution is 14.0. The minimum absolute atomic E-state index is 0. The number of carbonyl (C=O) groups is 1. The number of nitrogens with zero attached hydrogens (tertiary/aromatic N) is 2. The third-order valence-corrected chi connectivity index (χ3v) is 3.48. The van der Waals surface area contributed by atoms with Crippen molar-refractivity contribution < 1.29 is 36.2 Å². The van der Waals surface area contributed by atoms with Crippen molar-refractivity contribution >= 4 is 35.8 Å². The second kappa shape index (κ2) is 13.3. The van der Waals surface area contributed by atoms with E-state index in [9.17, 15) is 26.7 Å². The molecule has 0 aliphatic heterocycles. The molecular weight excluding hydrogens is 530 g/mol. The van der Waals surface area contributed by atoms with E-state index in [1.165, 1.54) is 25.3 Å². The van der Waals surface area contributed by atoms with E-state index < -0.39 is 31.8 Å². The molecule has 7 nitrogen and oxygen atoms in total. The Bertz CT molecular complexity index is 704. The first-order valence-corrected chi connectivity index (χ1v) is 8.50. The minimum Gasteiger partial charge on any atom is -0.497 e. The summed E-state index contributed by atoms with van der Waals surface area (Å²) >= 11 is 0. The number of aliphatic imine (C=N–C) groups is 1. The summed E-state index contributed by atoms with van der Waals surface area (Å²) in [4.78, 5) is 16.5. The standard InChI is InChI=1S/C17H23F5N4O3.HI/c1-4-23-16(25-9-14(27)26(2)10-17(20,21)22)24-8-11-7-12(28-3)5-6-13(11)29-15(18)19;/h5-7,15H,4,8-10H2,1-3H3,(H2,23,24,25);1H. The second-order valence-electron chi connectivity index (χ2n) is 5.77. The van der Waals surface area contributed by atoms with Crippen molar-refractivity contribution in [1.29, 1.82) is 0 Å². The number of methoxy groups -OCH3 is 1. The van der Waals surface area contributed by atoms with Gasteiger partial charge in [-0.3, -0.25) is 4.79 Å². The molecule has 1 aromatic rings. The number of hydrogen-bond acceptors (Lipinski definition) is 4. The zero-order valence-electron chi connectivity index (χ0n) is 16.6. The van der Waals surface area contributed by atoms with E-state index in [-0.39, 0.29) is 42.2 Å². The van der Waals surface area contributed by atoms with Gasteiger partial charge in [-0.15, -0.1) is 24.0 Å². The quantitative estimate of drug-likeness (QED) is 0.213. The van der Waals surface area contributed by atoms with Gasteiger partial charge in [0.2, 0.25) is 5.91 Å². The highest BCUT2D eigenvalue weighted by Gasteiger charge is 2.31. The van der Waals surface area contributed by atoms with Gasteiger partial charge in [0.05, 0.1) is 20.2 Å². The van der Waals surface area contributed by atoms with E-state index in [0.29, 0.717) is 22.8 Å². The van der Waals surface area contributed by atoms with Gasteiger partial charge < -0.3 is 25.0 Å². The molecule has 0 unspecified atom stereocenters. The highest BCUT2D eigenvalue weighted by Crippen LogP contribution is 2.26. The van der Waals surface area contributed by atoms with Crippen LogP contribution in [0.3, 0.4) is 0 Å². The molecule has 30 heavy (non-hydrogen) atoms. The lowest BCUT2D eigenvalue weighted by Gasteiger charge is -2.20. The molecule has 0 fully saturated rings. The van der Waals surface area contributed by atoms with Crippen LogP contribution in [-0.2, 0) is 11.3 Å². The minimum atomic E-state index is -4.50. The van der Waals surface area contributed by atoms with Crippen LogP contribution in [0.2, 0.25) is 0 Å². The van der Waals surface area contributed by atoms with Crippen LogP contribution in [0.25, 0.3) is 0 Å². The van der Waals surface area contributed by atoms with Gasteiger partial charge in [-0.05, 0) is 25.1 Å². The summed E-state index contributed by atoms with van der Waals surface area (Å²) in [5, 5.41) is 5.42. The van der Waals surface area contributed by atoms with Crippen molar-refractivity contribution in [3.05, 3.63) is 23.8 Å². The van der Waals surface area contributed by atoms with Gasteiger partial charge in [-0.2, -0.15) is 22.0 Å². The number of guanidine groups is 1. The number of alkyl halides is 5.